The van der Waals surface area contributed by atoms with Crippen LogP contribution in [0.2, 0.25) is 0 Å². The number of nitrogens with zero attached hydrogens (tertiary/aromatic N) is 2. The number of phenols is 1. The molecule has 1 aliphatic rings. The number of amides is 1. The number of aliphatic carboxylic acids is 1. The molecular weight excluding hydrogens is 302 g/mol. The maximum Gasteiger partial charge on any atom is 0.323 e. The fourth-order valence-electron chi connectivity index (χ4n) is 2.05. The molecule has 0 saturated heterocycles. The summed E-state index contributed by atoms with van der Waals surface area (Å²) in [6.45, 7) is 0.837. The molecule has 1 aromatic carbocycles. The van der Waals surface area contributed by atoms with Crippen molar-refractivity contribution >= 4 is 23.8 Å². The number of nitrogens with two attached hydrogens (primary N) is 1. The first kappa shape index (κ1) is 16.7. The fourth-order valence-corrected chi connectivity index (χ4v) is 2.05. The first-order chi connectivity index (χ1) is 10.8. The molecule has 2 atom stereocenters. The maximum atomic E-state index is 12.3. The molecule has 0 spiro atoms. The zero-order valence-corrected chi connectivity index (χ0v) is 12.4. The van der Waals surface area contributed by atoms with Crippen LogP contribution in [0.4, 0.5) is 0 Å². The fraction of sp³-hybridized carbons (Fsp3) is 0.267. The molecule has 1 aliphatic heterocycles. The van der Waals surface area contributed by atoms with Gasteiger partial charge in [0.2, 0.25) is 0 Å². The second-order valence-electron chi connectivity index (χ2n) is 5.14. The van der Waals surface area contributed by atoms with Gasteiger partial charge in [0.15, 0.2) is 0 Å². The lowest BCUT2D eigenvalue weighted by molar-refractivity contribution is -0.140. The number of carboxylic acids is 1. The SMILES string of the molecule is C[C@@H](O)[C@H](N)C1=N/C(=C\c2ccc(O)cc2)C(=O)N1CC(=O)O. The minimum atomic E-state index is -1.21. The van der Waals surface area contributed by atoms with E-state index >= 15 is 0 Å². The molecule has 0 aromatic heterocycles. The van der Waals surface area contributed by atoms with Gasteiger partial charge in [0, 0.05) is 0 Å². The Morgan fingerprint density at radius 2 is 2.00 bits per heavy atom. The topological polar surface area (TPSA) is 136 Å². The highest BCUT2D eigenvalue weighted by atomic mass is 16.4. The highest BCUT2D eigenvalue weighted by molar-refractivity contribution is 6.17. The van der Waals surface area contributed by atoms with Gasteiger partial charge >= 0.3 is 5.97 Å². The molecule has 0 aliphatic carbocycles. The number of phenolic OH excluding ortho intramolecular Hbond substituents is 1. The Labute approximate surface area is 132 Å². The summed E-state index contributed by atoms with van der Waals surface area (Å²) in [6, 6.07) is 5.09. The van der Waals surface area contributed by atoms with Gasteiger partial charge in [-0.05, 0) is 30.7 Å². The van der Waals surface area contributed by atoms with Gasteiger partial charge in [-0.1, -0.05) is 12.1 Å². The number of carbonyl (C=O) groups excluding carboxylic acids is 1. The van der Waals surface area contributed by atoms with Crippen LogP contribution >= 0.6 is 0 Å². The van der Waals surface area contributed by atoms with Crippen LogP contribution in [-0.2, 0) is 9.59 Å². The third kappa shape index (κ3) is 3.74. The molecule has 8 nitrogen and oxygen atoms in total. The predicted molar refractivity (Wildman–Crippen MR) is 82.5 cm³/mol. The molecule has 2 rings (SSSR count). The second kappa shape index (κ2) is 6.59. The maximum absolute atomic E-state index is 12.3. The quantitative estimate of drug-likeness (QED) is 0.553. The summed E-state index contributed by atoms with van der Waals surface area (Å²) in [6.07, 6.45) is 0.462. The van der Waals surface area contributed by atoms with E-state index in [1.165, 1.54) is 25.1 Å². The van der Waals surface area contributed by atoms with Crippen LogP contribution in [0.3, 0.4) is 0 Å². The molecule has 0 radical (unpaired) electrons. The number of hydrogen-bond acceptors (Lipinski definition) is 6. The lowest BCUT2D eigenvalue weighted by Crippen LogP contribution is -2.50. The molecule has 1 heterocycles. The summed E-state index contributed by atoms with van der Waals surface area (Å²) in [4.78, 5) is 28.3. The van der Waals surface area contributed by atoms with Crippen LogP contribution < -0.4 is 5.73 Å². The van der Waals surface area contributed by atoms with E-state index < -0.39 is 30.6 Å². The van der Waals surface area contributed by atoms with Crippen molar-refractivity contribution < 1.29 is 24.9 Å². The van der Waals surface area contributed by atoms with Gasteiger partial charge in [0.1, 0.15) is 23.8 Å². The molecule has 0 bridgehead atoms. The predicted octanol–water partition coefficient (Wildman–Crippen LogP) is -0.234. The van der Waals surface area contributed by atoms with Gasteiger partial charge in [-0.15, -0.1) is 0 Å². The highest BCUT2D eigenvalue weighted by Crippen LogP contribution is 2.21. The van der Waals surface area contributed by atoms with Crippen LogP contribution in [0.1, 0.15) is 12.5 Å². The number of hydrogen-bond donors (Lipinski definition) is 4. The third-order valence-electron chi connectivity index (χ3n) is 3.28. The number of aliphatic hydroxyl groups excluding tert-OH is 1. The smallest absolute Gasteiger partial charge is 0.323 e. The van der Waals surface area contributed by atoms with Gasteiger partial charge in [-0.3, -0.25) is 14.5 Å². The minimum Gasteiger partial charge on any atom is -0.508 e. The van der Waals surface area contributed by atoms with Gasteiger partial charge in [-0.25, -0.2) is 4.99 Å². The molecule has 1 amide bonds. The lowest BCUT2D eigenvalue weighted by Gasteiger charge is -2.22. The van der Waals surface area contributed by atoms with E-state index in [1.807, 2.05) is 0 Å². The number of rotatable bonds is 5. The minimum absolute atomic E-state index is 0.0115. The van der Waals surface area contributed by atoms with E-state index in [-0.39, 0.29) is 17.3 Å². The molecule has 8 heteroatoms. The molecule has 0 fully saturated rings. The van der Waals surface area contributed by atoms with Gasteiger partial charge in [0.25, 0.3) is 5.91 Å². The van der Waals surface area contributed by atoms with Crippen LogP contribution in [0.25, 0.3) is 6.08 Å². The Morgan fingerprint density at radius 1 is 1.39 bits per heavy atom. The van der Waals surface area contributed by atoms with Gasteiger partial charge < -0.3 is 21.1 Å². The molecule has 0 saturated carbocycles. The Hall–Kier alpha value is -2.71. The van der Waals surface area contributed by atoms with E-state index in [2.05, 4.69) is 4.99 Å². The molecular formula is C15H17N3O5. The van der Waals surface area contributed by atoms with Crippen molar-refractivity contribution in [2.45, 2.75) is 19.1 Å². The number of carbonyl (C=O) groups is 2. The first-order valence-electron chi connectivity index (χ1n) is 6.86. The van der Waals surface area contributed by atoms with E-state index in [0.717, 1.165) is 4.90 Å². The van der Waals surface area contributed by atoms with Crippen molar-refractivity contribution in [3.05, 3.63) is 35.5 Å². The Balaban J connectivity index is 2.38. The van der Waals surface area contributed by atoms with Crippen molar-refractivity contribution in [3.8, 4) is 5.75 Å². The lowest BCUT2D eigenvalue weighted by atomic mass is 10.1. The zero-order valence-electron chi connectivity index (χ0n) is 12.4. The first-order valence-corrected chi connectivity index (χ1v) is 6.86. The van der Waals surface area contributed by atoms with E-state index in [0.29, 0.717) is 5.56 Å². The summed E-state index contributed by atoms with van der Waals surface area (Å²) in [5.74, 6) is -1.73. The van der Waals surface area contributed by atoms with Gasteiger partial charge in [-0.2, -0.15) is 0 Å². The van der Waals surface area contributed by atoms with Crippen molar-refractivity contribution in [1.82, 2.24) is 4.90 Å². The molecule has 23 heavy (non-hydrogen) atoms. The summed E-state index contributed by atoms with van der Waals surface area (Å²) in [5.41, 5.74) is 6.42. The number of aliphatic imine (C=N–C) groups is 1. The molecule has 122 valence electrons. The second-order valence-corrected chi connectivity index (χ2v) is 5.14. The standard InChI is InChI=1S/C15H17N3O5/c1-8(19)13(16)14-17-11(15(23)18(14)7-12(21)22)6-9-2-4-10(20)5-3-9/h2-6,8,13,19-20H,7,16H2,1H3,(H,21,22)/b11-6-/t8-,13+/m1/s1. The Kier molecular flexibility index (Phi) is 4.77. The number of benzene rings is 1. The number of carboxylic acid groups (broad SMARTS) is 1. The zero-order chi connectivity index (χ0) is 17.1. The number of aliphatic hydroxyl groups is 1. The summed E-state index contributed by atoms with van der Waals surface area (Å²) < 4.78 is 0. The Bertz CT molecular complexity index is 679. The number of amidine groups is 1. The summed E-state index contributed by atoms with van der Waals surface area (Å²) in [5, 5.41) is 27.8. The van der Waals surface area contributed by atoms with Crippen LogP contribution in [0, 0.1) is 0 Å². The molecule has 0 unspecified atom stereocenters. The van der Waals surface area contributed by atoms with Crippen molar-refractivity contribution in [2.75, 3.05) is 6.54 Å². The van der Waals surface area contributed by atoms with Gasteiger partial charge in [0.05, 0.1) is 12.1 Å². The number of aromatic hydroxyl groups is 1. The van der Waals surface area contributed by atoms with E-state index in [4.69, 9.17) is 10.8 Å². The van der Waals surface area contributed by atoms with Crippen LogP contribution in [0.15, 0.2) is 35.0 Å². The van der Waals surface area contributed by atoms with Crippen molar-refractivity contribution in [2.24, 2.45) is 10.7 Å². The highest BCUT2D eigenvalue weighted by Gasteiger charge is 2.36. The summed E-state index contributed by atoms with van der Waals surface area (Å²) in [7, 11) is 0. The molecule has 1 aromatic rings. The average molecular weight is 319 g/mol. The van der Waals surface area contributed by atoms with Crippen molar-refractivity contribution in [3.63, 3.8) is 0 Å². The Morgan fingerprint density at radius 3 is 2.52 bits per heavy atom. The van der Waals surface area contributed by atoms with Crippen LogP contribution in [0.5, 0.6) is 5.75 Å². The third-order valence-corrected chi connectivity index (χ3v) is 3.28. The van der Waals surface area contributed by atoms with E-state index in [1.54, 1.807) is 12.1 Å². The monoisotopic (exact) mass is 319 g/mol. The largest absolute Gasteiger partial charge is 0.508 e. The summed E-state index contributed by atoms with van der Waals surface area (Å²) >= 11 is 0. The van der Waals surface area contributed by atoms with Crippen molar-refractivity contribution in [1.29, 1.82) is 0 Å². The van der Waals surface area contributed by atoms with E-state index in [9.17, 15) is 19.8 Å². The van der Waals surface area contributed by atoms with Crippen LogP contribution in [-0.4, -0.2) is 56.6 Å². The molecule has 5 N–H and O–H groups in total. The average Bonchev–Trinajstić information content (AvgIpc) is 2.77. The normalized spacial score (nSPS) is 18.9.